The summed E-state index contributed by atoms with van der Waals surface area (Å²) < 4.78 is 44.5. The number of hydrogen-bond donors (Lipinski definition) is 0. The van der Waals surface area contributed by atoms with Gasteiger partial charge >= 0.3 is 0 Å². The van der Waals surface area contributed by atoms with Gasteiger partial charge in [-0.2, -0.15) is 0 Å². The molecule has 0 spiro atoms. The lowest BCUT2D eigenvalue weighted by Gasteiger charge is -2.37. The van der Waals surface area contributed by atoms with Crippen molar-refractivity contribution in [2.45, 2.75) is 77.0 Å². The highest BCUT2D eigenvalue weighted by Crippen LogP contribution is 2.16. The molecule has 198 valence electrons. The van der Waals surface area contributed by atoms with Gasteiger partial charge in [-0.05, 0) is 89.1 Å². The van der Waals surface area contributed by atoms with Gasteiger partial charge < -0.3 is 9.04 Å². The summed E-state index contributed by atoms with van der Waals surface area (Å²) in [7, 11) is -4.27. The average molecular weight is 528 g/mol. The molecule has 0 unspecified atom stereocenters. The van der Waals surface area contributed by atoms with E-state index < -0.39 is 10.1 Å². The monoisotopic (exact) mass is 527 g/mol. The van der Waals surface area contributed by atoms with Crippen LogP contribution in [0.1, 0.15) is 69.9 Å². The maximum atomic E-state index is 12.1. The van der Waals surface area contributed by atoms with E-state index in [1.807, 2.05) is 19.1 Å². The topological polar surface area (TPSA) is 57.2 Å². The van der Waals surface area contributed by atoms with E-state index in [1.165, 1.54) is 80.5 Å². The molecule has 0 radical (unpaired) electrons. The van der Waals surface area contributed by atoms with E-state index >= 15 is 0 Å². The van der Waals surface area contributed by atoms with Crippen LogP contribution < -0.4 is 0 Å². The maximum Gasteiger partial charge on any atom is 0.124 e. The van der Waals surface area contributed by atoms with Gasteiger partial charge in [-0.15, -0.1) is 0 Å². The molecule has 2 aromatic carbocycles. The molecule has 35 heavy (non-hydrogen) atoms. The number of alkyl halides is 1. The second-order valence-electron chi connectivity index (χ2n) is 9.23. The van der Waals surface area contributed by atoms with Crippen LogP contribution in [0.5, 0.6) is 0 Å². The Morgan fingerprint density at radius 2 is 1.31 bits per heavy atom. The predicted molar refractivity (Wildman–Crippen MR) is 144 cm³/mol. The lowest BCUT2D eigenvalue weighted by Crippen LogP contribution is -2.49. The molecule has 0 saturated heterocycles. The van der Waals surface area contributed by atoms with Crippen LogP contribution in [0.15, 0.2) is 53.4 Å². The van der Waals surface area contributed by atoms with Crippen molar-refractivity contribution < 1.29 is 21.8 Å². The van der Waals surface area contributed by atoms with Gasteiger partial charge in [-0.1, -0.05) is 54.3 Å². The Labute approximate surface area is 217 Å². The Bertz CT molecular complexity index is 914. The molecule has 0 amide bonds. The normalized spacial score (nSPS) is 11.7. The first-order valence-corrected chi connectivity index (χ1v) is 14.6. The van der Waals surface area contributed by atoms with Crippen LogP contribution in [-0.2, 0) is 16.5 Å². The summed E-state index contributed by atoms with van der Waals surface area (Å²) in [5.41, 5.74) is 2.32. The first-order valence-electron chi connectivity index (χ1n) is 12.8. The molecule has 4 nitrogen and oxygen atoms in total. The zero-order valence-corrected chi connectivity index (χ0v) is 23.2. The van der Waals surface area contributed by atoms with Gasteiger partial charge in [-0.25, -0.2) is 8.42 Å². The van der Waals surface area contributed by atoms with Crippen molar-refractivity contribution in [3.05, 3.63) is 64.7 Å². The number of benzene rings is 2. The lowest BCUT2D eigenvalue weighted by atomic mass is 10.1. The van der Waals surface area contributed by atoms with Crippen molar-refractivity contribution in [2.24, 2.45) is 0 Å². The van der Waals surface area contributed by atoms with Crippen LogP contribution >= 0.6 is 11.6 Å². The molecule has 0 saturated carbocycles. The fourth-order valence-electron chi connectivity index (χ4n) is 4.17. The Kier molecular flexibility index (Phi) is 15.4. The number of unbranched alkanes of at least 4 members (excludes halogenated alkanes) is 5. The lowest BCUT2D eigenvalue weighted by molar-refractivity contribution is -0.925. The molecule has 0 bridgehead atoms. The summed E-state index contributed by atoms with van der Waals surface area (Å²) in [5.74, 6) is 0. The van der Waals surface area contributed by atoms with E-state index in [0.717, 1.165) is 29.8 Å². The fraction of sp³-hybridized carbons (Fsp3) is 0.571. The minimum atomic E-state index is -4.27. The minimum Gasteiger partial charge on any atom is -0.744 e. The van der Waals surface area contributed by atoms with Gasteiger partial charge in [-0.3, -0.25) is 4.39 Å². The van der Waals surface area contributed by atoms with Crippen LogP contribution in [0.2, 0.25) is 5.02 Å². The smallest absolute Gasteiger partial charge is 0.124 e. The first kappa shape index (κ1) is 31.6. The van der Waals surface area contributed by atoms with E-state index in [9.17, 15) is 17.4 Å². The first-order chi connectivity index (χ1) is 16.7. The van der Waals surface area contributed by atoms with Crippen LogP contribution in [0, 0.1) is 6.92 Å². The summed E-state index contributed by atoms with van der Waals surface area (Å²) in [5, 5.41) is 0.818. The molecule has 7 heteroatoms. The summed E-state index contributed by atoms with van der Waals surface area (Å²) in [6, 6.07) is 14.0. The molecule has 0 N–H and O–H groups in total. The van der Waals surface area contributed by atoms with Crippen LogP contribution in [-0.4, -0.2) is 50.3 Å². The van der Waals surface area contributed by atoms with Gasteiger partial charge in [0.25, 0.3) is 0 Å². The van der Waals surface area contributed by atoms with E-state index in [-0.39, 0.29) is 11.6 Å². The molecule has 0 aromatic heterocycles. The van der Waals surface area contributed by atoms with Gasteiger partial charge in [0.15, 0.2) is 0 Å². The van der Waals surface area contributed by atoms with Gasteiger partial charge in [0, 0.05) is 5.02 Å². The maximum absolute atomic E-state index is 12.1. The SMILES string of the molecule is CC[N+](CC)(CCCCCCCF)CCCCc1ccc(Cl)cc1.Cc1ccc(S(=O)(=O)[O-])cc1. The molecule has 0 heterocycles. The second-order valence-corrected chi connectivity index (χ2v) is 11.0. The molecule has 0 aliphatic rings. The van der Waals surface area contributed by atoms with Crippen molar-refractivity contribution in [3.8, 4) is 0 Å². The predicted octanol–water partition coefficient (Wildman–Crippen LogP) is 7.34. The summed E-state index contributed by atoms with van der Waals surface area (Å²) in [4.78, 5) is -0.178. The molecule has 0 aliphatic carbocycles. The van der Waals surface area contributed by atoms with E-state index in [4.69, 9.17) is 11.6 Å². The van der Waals surface area contributed by atoms with E-state index in [1.54, 1.807) is 12.1 Å². The van der Waals surface area contributed by atoms with Crippen LogP contribution in [0.25, 0.3) is 0 Å². The van der Waals surface area contributed by atoms with Gasteiger partial charge in [0.2, 0.25) is 0 Å². The van der Waals surface area contributed by atoms with Crippen LogP contribution in [0.4, 0.5) is 4.39 Å². The summed E-state index contributed by atoms with van der Waals surface area (Å²) in [6.45, 7) is 11.3. The molecule has 2 aromatic rings. The number of hydrogen-bond acceptors (Lipinski definition) is 3. The molecular formula is C28H43ClFNO3S. The number of nitrogens with zero attached hydrogens (tertiary/aromatic N) is 1. The fourth-order valence-corrected chi connectivity index (χ4v) is 4.77. The Hall–Kier alpha value is -1.47. The summed E-state index contributed by atoms with van der Waals surface area (Å²) >= 11 is 5.94. The average Bonchev–Trinajstić information content (AvgIpc) is 2.84. The third kappa shape index (κ3) is 13.4. The van der Waals surface area contributed by atoms with Crippen molar-refractivity contribution in [2.75, 3.05) is 32.9 Å². The van der Waals surface area contributed by atoms with E-state index in [0.29, 0.717) is 0 Å². The zero-order chi connectivity index (χ0) is 26.2. The van der Waals surface area contributed by atoms with Gasteiger partial charge in [0.05, 0.1) is 37.7 Å². The number of quaternary nitrogens is 1. The van der Waals surface area contributed by atoms with E-state index in [2.05, 4.69) is 26.0 Å². The second kappa shape index (κ2) is 17.1. The zero-order valence-electron chi connectivity index (χ0n) is 21.6. The molecule has 2 rings (SSSR count). The van der Waals surface area contributed by atoms with Crippen LogP contribution in [0.3, 0.4) is 0 Å². The van der Waals surface area contributed by atoms with Crippen molar-refractivity contribution in [1.29, 1.82) is 0 Å². The number of halogens is 2. The highest BCUT2D eigenvalue weighted by molar-refractivity contribution is 7.85. The van der Waals surface area contributed by atoms with Gasteiger partial charge in [0.1, 0.15) is 10.1 Å². The Morgan fingerprint density at radius 1 is 0.800 bits per heavy atom. The Morgan fingerprint density at radius 3 is 1.83 bits per heavy atom. The number of aryl methyl sites for hydroxylation is 2. The van der Waals surface area contributed by atoms with Crippen molar-refractivity contribution in [3.63, 3.8) is 0 Å². The molecular weight excluding hydrogens is 485 g/mol. The minimum absolute atomic E-state index is 0.155. The molecule has 0 atom stereocenters. The molecule has 0 aliphatic heterocycles. The van der Waals surface area contributed by atoms with Crippen molar-refractivity contribution >= 4 is 21.7 Å². The highest BCUT2D eigenvalue weighted by Gasteiger charge is 2.21. The number of rotatable bonds is 15. The third-order valence-corrected chi connectivity index (χ3v) is 7.78. The molecule has 0 fully saturated rings. The third-order valence-electron chi connectivity index (χ3n) is 6.68. The highest BCUT2D eigenvalue weighted by atomic mass is 35.5. The largest absolute Gasteiger partial charge is 0.744 e. The van der Waals surface area contributed by atoms with Crippen molar-refractivity contribution in [1.82, 2.24) is 0 Å². The summed E-state index contributed by atoms with van der Waals surface area (Å²) in [6.07, 6.45) is 9.20. The standard InChI is InChI=1S/C21H36ClFN.C7H8O3S/c1-3-24(4-2,18-10-7-5-6-9-17-23)19-11-8-12-20-13-15-21(22)16-14-20;1-6-2-4-7(5-3-6)11(8,9)10/h13-16H,3-12,17-19H2,1-2H3;2-5H,1H3,(H,8,9,10)/q+1;/p-1. The Balaban J connectivity index is 0.000000462. The quantitative estimate of drug-likeness (QED) is 0.138.